The average Bonchev–Trinajstić information content (AvgIpc) is 3.14. The van der Waals surface area contributed by atoms with Crippen molar-refractivity contribution in [2.75, 3.05) is 6.54 Å². The first kappa shape index (κ1) is 17.7. The number of likely N-dealkylation sites (tertiary alicyclic amines) is 1. The van der Waals surface area contributed by atoms with E-state index in [9.17, 15) is 4.79 Å². The van der Waals surface area contributed by atoms with Gasteiger partial charge in [0, 0.05) is 18.2 Å². The highest BCUT2D eigenvalue weighted by molar-refractivity contribution is 5.94. The van der Waals surface area contributed by atoms with Gasteiger partial charge in [0.15, 0.2) is 0 Å². The molecule has 0 bridgehead atoms. The molecule has 0 aromatic heterocycles. The monoisotopic (exact) mass is 335 g/mol. The molecule has 0 spiro atoms. The second kappa shape index (κ2) is 9.41. The van der Waals surface area contributed by atoms with Crippen molar-refractivity contribution in [3.05, 3.63) is 71.8 Å². The SMILES string of the molecule is O=C(c1ccccc1)N1CCC[C@H]1CCCCCCc1ccccc1. The molecule has 132 valence electrons. The van der Waals surface area contributed by atoms with Crippen LogP contribution in [-0.2, 0) is 6.42 Å². The number of carbonyl (C=O) groups excluding carboxylic acids is 1. The van der Waals surface area contributed by atoms with Crippen LogP contribution in [0.2, 0.25) is 0 Å². The largest absolute Gasteiger partial charge is 0.336 e. The number of amides is 1. The molecule has 25 heavy (non-hydrogen) atoms. The van der Waals surface area contributed by atoms with Crippen molar-refractivity contribution in [2.45, 2.75) is 57.4 Å². The van der Waals surface area contributed by atoms with Crippen LogP contribution < -0.4 is 0 Å². The zero-order valence-corrected chi connectivity index (χ0v) is 15.1. The van der Waals surface area contributed by atoms with Crippen LogP contribution in [0.25, 0.3) is 0 Å². The average molecular weight is 335 g/mol. The van der Waals surface area contributed by atoms with E-state index in [-0.39, 0.29) is 5.91 Å². The predicted octanol–water partition coefficient (Wildman–Crippen LogP) is 5.48. The highest BCUT2D eigenvalue weighted by Gasteiger charge is 2.28. The highest BCUT2D eigenvalue weighted by Crippen LogP contribution is 2.24. The minimum Gasteiger partial charge on any atom is -0.336 e. The van der Waals surface area contributed by atoms with Crippen LogP contribution in [0.4, 0.5) is 0 Å². The summed E-state index contributed by atoms with van der Waals surface area (Å²) in [6.07, 6.45) is 9.72. The molecular weight excluding hydrogens is 306 g/mol. The van der Waals surface area contributed by atoms with Crippen molar-refractivity contribution < 1.29 is 4.79 Å². The van der Waals surface area contributed by atoms with Crippen LogP contribution in [0.1, 0.15) is 60.9 Å². The lowest BCUT2D eigenvalue weighted by Gasteiger charge is -2.25. The second-order valence-electron chi connectivity index (χ2n) is 7.10. The van der Waals surface area contributed by atoms with E-state index in [4.69, 9.17) is 0 Å². The predicted molar refractivity (Wildman–Crippen MR) is 104 cm³/mol. The van der Waals surface area contributed by atoms with Crippen LogP contribution in [0.3, 0.4) is 0 Å². The first-order chi connectivity index (χ1) is 12.3. The molecule has 2 nitrogen and oxygen atoms in total. The van der Waals surface area contributed by atoms with Gasteiger partial charge in [-0.25, -0.2) is 0 Å². The van der Waals surface area contributed by atoms with E-state index in [1.165, 1.54) is 44.1 Å². The molecule has 2 heteroatoms. The molecule has 1 aliphatic heterocycles. The van der Waals surface area contributed by atoms with Crippen LogP contribution in [0.15, 0.2) is 60.7 Å². The first-order valence-corrected chi connectivity index (χ1v) is 9.74. The third-order valence-corrected chi connectivity index (χ3v) is 5.25. The van der Waals surface area contributed by atoms with E-state index >= 15 is 0 Å². The molecule has 1 amide bonds. The molecule has 1 heterocycles. The molecule has 1 atom stereocenters. The van der Waals surface area contributed by atoms with Gasteiger partial charge in [-0.15, -0.1) is 0 Å². The quantitative estimate of drug-likeness (QED) is 0.585. The maximum atomic E-state index is 12.7. The summed E-state index contributed by atoms with van der Waals surface area (Å²) in [7, 11) is 0. The van der Waals surface area contributed by atoms with E-state index in [1.807, 2.05) is 30.3 Å². The Morgan fingerprint density at radius 1 is 0.880 bits per heavy atom. The smallest absolute Gasteiger partial charge is 0.254 e. The fourth-order valence-corrected chi connectivity index (χ4v) is 3.86. The molecule has 0 unspecified atom stereocenters. The third-order valence-electron chi connectivity index (χ3n) is 5.25. The van der Waals surface area contributed by atoms with E-state index in [1.54, 1.807) is 0 Å². The number of aryl methyl sites for hydroxylation is 1. The van der Waals surface area contributed by atoms with Gasteiger partial charge in [0.25, 0.3) is 5.91 Å². The van der Waals surface area contributed by atoms with E-state index in [0.717, 1.165) is 24.9 Å². The number of rotatable bonds is 8. The van der Waals surface area contributed by atoms with Gasteiger partial charge in [-0.2, -0.15) is 0 Å². The normalized spacial score (nSPS) is 17.0. The van der Waals surface area contributed by atoms with Gasteiger partial charge in [-0.3, -0.25) is 4.79 Å². The van der Waals surface area contributed by atoms with Crippen molar-refractivity contribution >= 4 is 5.91 Å². The van der Waals surface area contributed by atoms with Crippen LogP contribution in [0.5, 0.6) is 0 Å². The highest BCUT2D eigenvalue weighted by atomic mass is 16.2. The fourth-order valence-electron chi connectivity index (χ4n) is 3.86. The fraction of sp³-hybridized carbons (Fsp3) is 0.435. The number of carbonyl (C=O) groups is 1. The number of hydrogen-bond donors (Lipinski definition) is 0. The van der Waals surface area contributed by atoms with Gasteiger partial charge in [-0.1, -0.05) is 67.8 Å². The topological polar surface area (TPSA) is 20.3 Å². The lowest BCUT2D eigenvalue weighted by atomic mass is 10.0. The molecule has 1 fully saturated rings. The number of hydrogen-bond acceptors (Lipinski definition) is 1. The Balaban J connectivity index is 1.37. The van der Waals surface area contributed by atoms with Gasteiger partial charge in [0.1, 0.15) is 0 Å². The van der Waals surface area contributed by atoms with Crippen molar-refractivity contribution in [2.24, 2.45) is 0 Å². The summed E-state index contributed by atoms with van der Waals surface area (Å²) >= 11 is 0. The molecule has 1 saturated heterocycles. The van der Waals surface area contributed by atoms with Crippen molar-refractivity contribution in [1.82, 2.24) is 4.90 Å². The molecule has 0 aliphatic carbocycles. The Morgan fingerprint density at radius 2 is 1.56 bits per heavy atom. The molecular formula is C23H29NO. The molecule has 0 radical (unpaired) electrons. The molecule has 3 rings (SSSR count). The zero-order valence-electron chi connectivity index (χ0n) is 15.1. The Morgan fingerprint density at radius 3 is 2.32 bits per heavy atom. The summed E-state index contributed by atoms with van der Waals surface area (Å²) in [4.78, 5) is 14.8. The maximum Gasteiger partial charge on any atom is 0.254 e. The Labute approximate surface area is 151 Å². The first-order valence-electron chi connectivity index (χ1n) is 9.74. The van der Waals surface area contributed by atoms with Crippen LogP contribution >= 0.6 is 0 Å². The van der Waals surface area contributed by atoms with Crippen LogP contribution in [0, 0.1) is 0 Å². The zero-order chi connectivity index (χ0) is 17.3. The van der Waals surface area contributed by atoms with Gasteiger partial charge in [0.2, 0.25) is 0 Å². The molecule has 0 N–H and O–H groups in total. The van der Waals surface area contributed by atoms with Gasteiger partial charge >= 0.3 is 0 Å². The van der Waals surface area contributed by atoms with Gasteiger partial charge in [0.05, 0.1) is 0 Å². The molecule has 2 aromatic rings. The third kappa shape index (κ3) is 5.19. The standard InChI is InChI=1S/C23H29NO/c25-23(21-15-8-4-9-16-21)24-19-11-18-22(24)17-10-2-1-5-12-20-13-6-3-7-14-20/h3-4,6-9,13-16,22H,1-2,5,10-12,17-19H2/t22-/m1/s1. The summed E-state index contributed by atoms with van der Waals surface area (Å²) < 4.78 is 0. The van der Waals surface area contributed by atoms with Crippen molar-refractivity contribution in [3.63, 3.8) is 0 Å². The van der Waals surface area contributed by atoms with Gasteiger partial charge < -0.3 is 4.90 Å². The summed E-state index contributed by atoms with van der Waals surface area (Å²) in [5.74, 6) is 0.215. The Bertz CT molecular complexity index is 638. The van der Waals surface area contributed by atoms with Crippen molar-refractivity contribution in [1.29, 1.82) is 0 Å². The summed E-state index contributed by atoms with van der Waals surface area (Å²) in [6.45, 7) is 0.923. The van der Waals surface area contributed by atoms with Crippen LogP contribution in [-0.4, -0.2) is 23.4 Å². The van der Waals surface area contributed by atoms with E-state index in [2.05, 4.69) is 35.2 Å². The minimum absolute atomic E-state index is 0.215. The Kier molecular flexibility index (Phi) is 6.67. The molecule has 2 aromatic carbocycles. The van der Waals surface area contributed by atoms with E-state index in [0.29, 0.717) is 6.04 Å². The van der Waals surface area contributed by atoms with E-state index < -0.39 is 0 Å². The number of unbranched alkanes of at least 4 members (excludes halogenated alkanes) is 3. The minimum atomic E-state index is 0.215. The molecule has 1 aliphatic rings. The Hall–Kier alpha value is -2.09. The lowest BCUT2D eigenvalue weighted by molar-refractivity contribution is 0.0728. The summed E-state index contributed by atoms with van der Waals surface area (Å²) in [5.41, 5.74) is 2.27. The van der Waals surface area contributed by atoms with Gasteiger partial charge in [-0.05, 0) is 49.8 Å². The lowest BCUT2D eigenvalue weighted by Crippen LogP contribution is -2.35. The number of benzene rings is 2. The summed E-state index contributed by atoms with van der Waals surface area (Å²) in [5, 5.41) is 0. The number of nitrogens with zero attached hydrogens (tertiary/aromatic N) is 1. The van der Waals surface area contributed by atoms with Crippen molar-refractivity contribution in [3.8, 4) is 0 Å². The molecule has 0 saturated carbocycles. The maximum absolute atomic E-state index is 12.7. The summed E-state index contributed by atoms with van der Waals surface area (Å²) in [6, 6.07) is 20.9. The second-order valence-corrected chi connectivity index (χ2v) is 7.10.